The molecule has 8 unspecified atom stereocenters. The maximum absolute atomic E-state index is 13.9. The molecule has 58 heavy (non-hydrogen) atoms. The highest BCUT2D eigenvalue weighted by atomic mass is 19.1. The van der Waals surface area contributed by atoms with Crippen LogP contribution in [0.25, 0.3) is 0 Å². The quantitative estimate of drug-likeness (QED) is 0.200. The van der Waals surface area contributed by atoms with Gasteiger partial charge in [-0.3, -0.25) is 23.9 Å². The second-order valence-corrected chi connectivity index (χ2v) is 20.7. The van der Waals surface area contributed by atoms with Gasteiger partial charge in [-0.25, -0.2) is 9.37 Å². The number of nitrogens with zero attached hydrogens (tertiary/aromatic N) is 3. The van der Waals surface area contributed by atoms with E-state index in [0.29, 0.717) is 77.8 Å². The van der Waals surface area contributed by atoms with E-state index >= 15 is 0 Å². The lowest BCUT2D eigenvalue weighted by Gasteiger charge is -2.62. The third-order valence-corrected chi connectivity index (χ3v) is 17.9. The zero-order chi connectivity index (χ0) is 41.4. The molecule has 11 heteroatoms. The summed E-state index contributed by atoms with van der Waals surface area (Å²) in [5.41, 5.74) is -0.573. The highest BCUT2D eigenvalue weighted by molar-refractivity contribution is 5.94. The summed E-state index contributed by atoms with van der Waals surface area (Å²) in [6, 6.07) is 4.58. The average Bonchev–Trinajstić information content (AvgIpc) is 3.42. The van der Waals surface area contributed by atoms with Crippen molar-refractivity contribution in [3.63, 3.8) is 0 Å². The van der Waals surface area contributed by atoms with Crippen molar-refractivity contribution in [3.05, 3.63) is 57.0 Å². The van der Waals surface area contributed by atoms with Crippen molar-refractivity contribution in [1.82, 2.24) is 25.1 Å². The van der Waals surface area contributed by atoms with Crippen molar-refractivity contribution in [2.75, 3.05) is 20.6 Å². The number of aryl methyl sites for hydroxylation is 1. The van der Waals surface area contributed by atoms with E-state index in [-0.39, 0.29) is 42.0 Å². The standard InChI is InChI=1S/C47H68FN5O5/c1-28(33-14-15-34-32-13-12-31-9-7-8-18-44(31,3)35(32)24-37(54)45(33,34)4)10-17-38(55)50-26-46-19-21-47(22-20-46,52(5)6)43-51-39(40(56)42(58)53(43)27-46)41(57)49-25-30-11-16-36(48)29(2)23-30/h11,16,23,28,31-35,37,54,56H,7-10,12-15,17-22,24-27H2,1-6H3,(H,49,57)(H,50,55)/t28?,31?,32?,33?,34?,35?,37-,44?,45?,46?,47?/m0/s1. The monoisotopic (exact) mass is 802 g/mol. The minimum Gasteiger partial charge on any atom is -0.501 e. The van der Waals surface area contributed by atoms with Gasteiger partial charge in [0, 0.05) is 31.5 Å². The van der Waals surface area contributed by atoms with E-state index in [9.17, 15) is 29.0 Å². The molecule has 5 saturated carbocycles. The molecule has 0 radical (unpaired) electrons. The lowest BCUT2D eigenvalue weighted by atomic mass is 9.44. The second kappa shape index (κ2) is 15.3. The molecule has 5 aliphatic carbocycles. The second-order valence-electron chi connectivity index (χ2n) is 20.7. The van der Waals surface area contributed by atoms with Crippen molar-refractivity contribution >= 4 is 11.8 Å². The third-order valence-electron chi connectivity index (χ3n) is 17.9. The molecule has 0 saturated heterocycles. The molecule has 1 aromatic carbocycles. The van der Waals surface area contributed by atoms with Crippen LogP contribution in [0.1, 0.15) is 145 Å². The summed E-state index contributed by atoms with van der Waals surface area (Å²) in [5.74, 6) is 2.24. The zero-order valence-electron chi connectivity index (χ0n) is 35.8. The van der Waals surface area contributed by atoms with Gasteiger partial charge in [-0.15, -0.1) is 0 Å². The zero-order valence-corrected chi connectivity index (χ0v) is 35.8. The van der Waals surface area contributed by atoms with E-state index in [1.165, 1.54) is 51.0 Å². The van der Waals surface area contributed by atoms with Gasteiger partial charge in [-0.2, -0.15) is 0 Å². The van der Waals surface area contributed by atoms with Gasteiger partial charge in [0.25, 0.3) is 11.5 Å². The van der Waals surface area contributed by atoms with E-state index in [0.717, 1.165) is 38.0 Å². The van der Waals surface area contributed by atoms with Crippen LogP contribution in [0.4, 0.5) is 4.39 Å². The van der Waals surface area contributed by atoms with E-state index in [1.54, 1.807) is 23.6 Å². The van der Waals surface area contributed by atoms with Crippen LogP contribution in [-0.4, -0.2) is 63.2 Å². The predicted octanol–water partition coefficient (Wildman–Crippen LogP) is 7.21. The first-order valence-corrected chi connectivity index (χ1v) is 22.5. The number of nitrogens with one attached hydrogen (secondary N) is 2. The Morgan fingerprint density at radius 3 is 2.50 bits per heavy atom. The lowest BCUT2D eigenvalue weighted by Crippen LogP contribution is -2.58. The number of amides is 2. The van der Waals surface area contributed by atoms with Gasteiger partial charge in [0.05, 0.1) is 11.6 Å². The Balaban J connectivity index is 0.920. The Bertz CT molecular complexity index is 1970. The van der Waals surface area contributed by atoms with E-state index in [2.05, 4.69) is 36.3 Å². The fourth-order valence-electron chi connectivity index (χ4n) is 14.2. The minimum absolute atomic E-state index is 0.0133. The Kier molecular flexibility index (Phi) is 10.9. The molecule has 2 aromatic rings. The Morgan fingerprint density at radius 1 is 1.02 bits per heavy atom. The number of carbonyl (C=O) groups excluding carboxylic acids is 2. The number of aromatic nitrogens is 2. The molecule has 2 bridgehead atoms. The Morgan fingerprint density at radius 2 is 1.78 bits per heavy atom. The number of rotatable bonds is 10. The van der Waals surface area contributed by atoms with Crippen LogP contribution in [0.2, 0.25) is 0 Å². The van der Waals surface area contributed by atoms with Gasteiger partial charge in [0.2, 0.25) is 11.7 Å². The fraction of sp³-hybridized carbons (Fsp3) is 0.745. The first-order chi connectivity index (χ1) is 27.5. The number of carbonyl (C=O) groups is 2. The van der Waals surface area contributed by atoms with Crippen LogP contribution in [0, 0.1) is 64.5 Å². The van der Waals surface area contributed by atoms with Crippen LogP contribution in [0.3, 0.4) is 0 Å². The van der Waals surface area contributed by atoms with Crippen LogP contribution in [0.15, 0.2) is 23.0 Å². The van der Waals surface area contributed by atoms with Crippen LogP contribution < -0.4 is 16.2 Å². The van der Waals surface area contributed by atoms with Gasteiger partial charge >= 0.3 is 0 Å². The minimum atomic E-state index is -0.697. The molecular weight excluding hydrogens is 734 g/mol. The Labute approximate surface area is 344 Å². The smallest absolute Gasteiger partial charge is 0.296 e. The highest BCUT2D eigenvalue weighted by Crippen LogP contribution is 2.68. The molecule has 0 spiro atoms. The highest BCUT2D eigenvalue weighted by Gasteiger charge is 2.63. The average molecular weight is 802 g/mol. The molecule has 9 atom stereocenters. The molecule has 2 aliphatic heterocycles. The maximum atomic E-state index is 13.9. The van der Waals surface area contributed by atoms with Gasteiger partial charge in [0.1, 0.15) is 11.6 Å². The van der Waals surface area contributed by atoms with Crippen molar-refractivity contribution < 1.29 is 24.2 Å². The van der Waals surface area contributed by atoms with Gasteiger partial charge in [0.15, 0.2) is 5.69 Å². The first-order valence-electron chi connectivity index (χ1n) is 22.5. The van der Waals surface area contributed by atoms with Gasteiger partial charge in [-0.05, 0) is 162 Å². The fourth-order valence-corrected chi connectivity index (χ4v) is 14.2. The number of aromatic hydroxyl groups is 1. The predicted molar refractivity (Wildman–Crippen MR) is 221 cm³/mol. The number of hydrogen-bond donors (Lipinski definition) is 4. The molecule has 5 fully saturated rings. The van der Waals surface area contributed by atoms with E-state index in [4.69, 9.17) is 4.98 Å². The summed E-state index contributed by atoms with van der Waals surface area (Å²) in [4.78, 5) is 47.8. The summed E-state index contributed by atoms with van der Waals surface area (Å²) in [7, 11) is 3.92. The summed E-state index contributed by atoms with van der Waals surface area (Å²) < 4.78 is 15.4. The molecule has 4 N–H and O–H groups in total. The molecule has 10 nitrogen and oxygen atoms in total. The van der Waals surface area contributed by atoms with Crippen LogP contribution in [-0.2, 0) is 23.4 Å². The number of halogens is 1. The molecule has 2 amide bonds. The topological polar surface area (TPSA) is 137 Å². The third kappa shape index (κ3) is 6.72. The van der Waals surface area contributed by atoms with E-state index in [1.807, 2.05) is 14.1 Å². The van der Waals surface area contributed by atoms with Crippen molar-refractivity contribution in [2.24, 2.45) is 51.8 Å². The SMILES string of the molecule is Cc1cc(CNC(=O)c2nc3n(c(=O)c2O)CC2(CNC(=O)CCC(C)C4CCC5C6CCC7CCCCC7(C)C6C[C@H](O)C45C)CCC3(N(C)C)CC2)ccc1F. The number of aliphatic hydroxyl groups excluding tert-OH is 1. The molecular formula is C47H68FN5O5. The maximum Gasteiger partial charge on any atom is 0.296 e. The number of hydrogen-bond acceptors (Lipinski definition) is 7. The van der Waals surface area contributed by atoms with Crippen molar-refractivity contribution in [2.45, 2.75) is 149 Å². The molecule has 3 heterocycles. The Hall–Kier alpha value is -3.31. The van der Waals surface area contributed by atoms with Crippen LogP contribution in [0.5, 0.6) is 5.75 Å². The molecule has 1 aromatic heterocycles. The van der Waals surface area contributed by atoms with Crippen LogP contribution >= 0.6 is 0 Å². The molecule has 7 aliphatic rings. The normalized spacial score (nSPS) is 36.9. The summed E-state index contributed by atoms with van der Waals surface area (Å²) >= 11 is 0. The summed E-state index contributed by atoms with van der Waals surface area (Å²) in [5, 5.41) is 29.2. The van der Waals surface area contributed by atoms with E-state index < -0.39 is 28.2 Å². The molecule has 9 rings (SSSR count). The first kappa shape index (κ1) is 41.4. The van der Waals surface area contributed by atoms with Gasteiger partial charge in [-0.1, -0.05) is 45.7 Å². The summed E-state index contributed by atoms with van der Waals surface area (Å²) in [6.07, 6.45) is 15.1. The number of benzene rings is 1. The number of aliphatic hydroxyl groups is 1. The van der Waals surface area contributed by atoms with Crippen molar-refractivity contribution in [3.8, 4) is 5.75 Å². The number of fused-ring (bicyclic) bond motifs is 7. The van der Waals surface area contributed by atoms with Gasteiger partial charge < -0.3 is 20.8 Å². The van der Waals surface area contributed by atoms with Crippen molar-refractivity contribution in [1.29, 1.82) is 0 Å². The lowest BCUT2D eigenvalue weighted by molar-refractivity contribution is -0.168. The largest absolute Gasteiger partial charge is 0.501 e. The molecule has 318 valence electrons. The summed E-state index contributed by atoms with van der Waals surface area (Å²) in [6.45, 7) is 9.69.